The molecule has 1 aliphatic rings. The fourth-order valence-electron chi connectivity index (χ4n) is 6.88. The second-order valence-electron chi connectivity index (χ2n) is 13.7. The molecule has 0 saturated carbocycles. The molecule has 7 rings (SSSR count). The first-order valence-corrected chi connectivity index (χ1v) is 19.1. The molecule has 0 spiro atoms. The smallest absolute Gasteiger partial charge is 0.305 e. The first kappa shape index (κ1) is 39.9. The summed E-state index contributed by atoms with van der Waals surface area (Å²) in [6, 6.07) is 9.72. The molecule has 3 amide bonds. The van der Waals surface area contributed by atoms with Crippen molar-refractivity contribution in [3.63, 3.8) is 0 Å². The Hall–Kier alpha value is -7.31. The normalized spacial score (nSPS) is 13.5. The van der Waals surface area contributed by atoms with Crippen LogP contribution in [-0.4, -0.2) is 93.5 Å². The first-order valence-electron chi connectivity index (χ1n) is 19.1. The molecule has 0 bridgehead atoms. The van der Waals surface area contributed by atoms with Crippen LogP contribution in [0.3, 0.4) is 0 Å². The van der Waals surface area contributed by atoms with Gasteiger partial charge in [0.25, 0.3) is 17.7 Å². The van der Waals surface area contributed by atoms with E-state index in [2.05, 4.69) is 26.1 Å². The molecule has 59 heavy (non-hydrogen) atoms. The minimum Gasteiger partial charge on any atom is -0.491 e. The second-order valence-corrected chi connectivity index (χ2v) is 13.7. The van der Waals surface area contributed by atoms with E-state index in [1.54, 1.807) is 68.7 Å². The Labute approximate surface area is 337 Å². The number of hydrogen-bond donors (Lipinski definition) is 4. The number of rotatable bonds is 11. The van der Waals surface area contributed by atoms with E-state index in [1.165, 1.54) is 0 Å². The summed E-state index contributed by atoms with van der Waals surface area (Å²) in [4.78, 5) is 73.2. The van der Waals surface area contributed by atoms with Crippen LogP contribution in [0.25, 0.3) is 22.1 Å². The predicted octanol–water partition coefficient (Wildman–Crippen LogP) is 4.37. The summed E-state index contributed by atoms with van der Waals surface area (Å²) in [5, 5.41) is 26.4. The number of anilines is 2. The summed E-state index contributed by atoms with van der Waals surface area (Å²) in [6.45, 7) is 8.87. The molecular formula is C40H43N11O8. The predicted molar refractivity (Wildman–Crippen MR) is 215 cm³/mol. The number of carboxylic acids is 1. The number of aldehydes is 1. The van der Waals surface area contributed by atoms with E-state index in [1.807, 2.05) is 26.0 Å². The number of aromatic nitrogens is 8. The lowest BCUT2D eigenvalue weighted by Crippen LogP contribution is -2.26. The quantitative estimate of drug-likeness (QED) is 0.106. The Morgan fingerprint density at radius 2 is 1.27 bits per heavy atom. The number of carboxylic acid groups (broad SMARTS) is 1. The van der Waals surface area contributed by atoms with Gasteiger partial charge in [-0.2, -0.15) is 10.2 Å². The van der Waals surface area contributed by atoms with Crippen LogP contribution in [0, 0.1) is 13.8 Å². The number of amides is 3. The average molecular weight is 806 g/mol. The van der Waals surface area contributed by atoms with Crippen LogP contribution in [0.2, 0.25) is 0 Å². The number of ether oxygens (including phenoxy) is 2. The zero-order chi connectivity index (χ0) is 41.8. The van der Waals surface area contributed by atoms with Gasteiger partial charge in [0.1, 0.15) is 40.2 Å². The summed E-state index contributed by atoms with van der Waals surface area (Å²) in [7, 11) is 0. The van der Waals surface area contributed by atoms with Crippen LogP contribution < -0.4 is 25.4 Å². The first-order chi connectivity index (χ1) is 28.5. The molecule has 19 nitrogen and oxygen atoms in total. The van der Waals surface area contributed by atoms with E-state index in [0.717, 1.165) is 0 Å². The van der Waals surface area contributed by atoms with Gasteiger partial charge in [0, 0.05) is 50.3 Å². The Kier molecular flexibility index (Phi) is 11.5. The van der Waals surface area contributed by atoms with Crippen LogP contribution in [0.1, 0.15) is 79.8 Å². The van der Waals surface area contributed by atoms with Gasteiger partial charge in [-0.15, -0.1) is 0 Å². The Balaban J connectivity index is 1.30. The number of benzene rings is 2. The Morgan fingerprint density at radius 3 is 1.78 bits per heavy atom. The van der Waals surface area contributed by atoms with Crippen LogP contribution in [0.5, 0.6) is 11.5 Å². The third kappa shape index (κ3) is 8.39. The lowest BCUT2D eigenvalue weighted by Gasteiger charge is -2.14. The van der Waals surface area contributed by atoms with Crippen LogP contribution in [-0.2, 0) is 31.0 Å². The Bertz CT molecular complexity index is 2650. The van der Waals surface area contributed by atoms with Gasteiger partial charge in [0.15, 0.2) is 0 Å². The maximum absolute atomic E-state index is 13.7. The minimum absolute atomic E-state index is 0.0872. The molecule has 0 unspecified atom stereocenters. The van der Waals surface area contributed by atoms with E-state index in [0.29, 0.717) is 87.7 Å². The van der Waals surface area contributed by atoms with Gasteiger partial charge in [-0.25, -0.2) is 9.97 Å². The zero-order valence-corrected chi connectivity index (χ0v) is 32.9. The zero-order valence-electron chi connectivity index (χ0n) is 32.9. The second kappa shape index (κ2) is 17.0. The summed E-state index contributed by atoms with van der Waals surface area (Å²) >= 11 is 0. The SMILES string of the molecule is CCn1nc(C)cc1C(=O)Nc1nc2cc(C=O)cc3c2n1C/C=C/Cn1c(NC(=O)c2cc(C)nn2CC)nc2cc(C(=O)NCCC(=O)O)cc(c21)OCCCO3. The van der Waals surface area contributed by atoms with Gasteiger partial charge in [-0.1, -0.05) is 12.2 Å². The van der Waals surface area contributed by atoms with E-state index in [4.69, 9.17) is 24.5 Å². The topological polar surface area (TPSA) is 231 Å². The molecule has 0 aliphatic carbocycles. The third-order valence-corrected chi connectivity index (χ3v) is 9.52. The number of carbonyl (C=O) groups excluding carboxylic acids is 4. The number of allylic oxidation sites excluding steroid dienone is 2. The molecule has 5 heterocycles. The van der Waals surface area contributed by atoms with Crippen molar-refractivity contribution in [2.45, 2.75) is 66.7 Å². The third-order valence-electron chi connectivity index (χ3n) is 9.52. The van der Waals surface area contributed by atoms with Crippen molar-refractivity contribution in [3.05, 3.63) is 82.5 Å². The number of imidazole rings is 2. The van der Waals surface area contributed by atoms with Gasteiger partial charge >= 0.3 is 5.97 Å². The lowest BCUT2D eigenvalue weighted by molar-refractivity contribution is -0.136. The number of hydrogen-bond acceptors (Lipinski definition) is 11. The molecule has 6 aromatic rings. The molecule has 19 heteroatoms. The molecule has 1 aliphatic heterocycles. The molecule has 2 aromatic carbocycles. The molecule has 306 valence electrons. The lowest BCUT2D eigenvalue weighted by atomic mass is 10.1. The molecule has 0 saturated heterocycles. The summed E-state index contributed by atoms with van der Waals surface area (Å²) in [5.41, 5.74) is 4.37. The van der Waals surface area contributed by atoms with E-state index in [-0.39, 0.29) is 56.7 Å². The van der Waals surface area contributed by atoms with Crippen LogP contribution in [0.4, 0.5) is 11.9 Å². The van der Waals surface area contributed by atoms with Gasteiger partial charge in [0.2, 0.25) is 11.9 Å². The Morgan fingerprint density at radius 1 is 0.746 bits per heavy atom. The van der Waals surface area contributed by atoms with Gasteiger partial charge in [-0.3, -0.25) is 44.0 Å². The molecule has 4 N–H and O–H groups in total. The number of aryl methyl sites for hydroxylation is 4. The average Bonchev–Trinajstić information content (AvgIpc) is 3.97. The number of aliphatic carboxylic acids is 1. The molecule has 0 atom stereocenters. The van der Waals surface area contributed by atoms with Crippen molar-refractivity contribution < 1.29 is 38.6 Å². The van der Waals surface area contributed by atoms with Crippen molar-refractivity contribution in [2.75, 3.05) is 30.4 Å². The van der Waals surface area contributed by atoms with Crippen molar-refractivity contribution in [1.29, 1.82) is 0 Å². The fourth-order valence-corrected chi connectivity index (χ4v) is 6.88. The van der Waals surface area contributed by atoms with E-state index >= 15 is 0 Å². The molecule has 0 radical (unpaired) electrons. The number of carbonyl (C=O) groups is 5. The molecule has 0 fully saturated rings. The summed E-state index contributed by atoms with van der Waals surface area (Å²) in [5.74, 6) is -1.38. The minimum atomic E-state index is -1.05. The number of nitrogens with one attached hydrogen (secondary N) is 3. The highest BCUT2D eigenvalue weighted by Crippen LogP contribution is 2.34. The van der Waals surface area contributed by atoms with E-state index < -0.39 is 23.7 Å². The summed E-state index contributed by atoms with van der Waals surface area (Å²) < 4.78 is 19.3. The standard InChI is InChI=1S/C40H43N11O8/c1-5-50-29(16-23(3)46-50)37(56)44-39-42-27-18-25(22-52)19-31-34(27)48(39)12-7-8-13-49-35-28(43-40(49)45-38(57)30-17-24(4)47-51(30)6-2)20-26(36(55)41-11-10-33(53)54)21-32(35)59-15-9-14-58-31/h7-8,16-22H,5-6,9-15H2,1-4H3,(H,41,55)(H,53,54)(H,42,44,56)(H,43,45,57)/b8-7+. The number of nitrogens with zero attached hydrogens (tertiary/aromatic N) is 8. The highest BCUT2D eigenvalue weighted by molar-refractivity contribution is 6.05. The van der Waals surface area contributed by atoms with Crippen LogP contribution in [0.15, 0.2) is 48.6 Å². The van der Waals surface area contributed by atoms with Crippen molar-refractivity contribution in [1.82, 2.24) is 44.0 Å². The van der Waals surface area contributed by atoms with Crippen molar-refractivity contribution >= 4 is 63.9 Å². The van der Waals surface area contributed by atoms with Gasteiger partial charge < -0.3 is 29.0 Å². The monoisotopic (exact) mass is 805 g/mol. The molecule has 4 aromatic heterocycles. The van der Waals surface area contributed by atoms with E-state index in [9.17, 15) is 24.0 Å². The highest BCUT2D eigenvalue weighted by atomic mass is 16.5. The van der Waals surface area contributed by atoms with Crippen LogP contribution >= 0.6 is 0 Å². The summed E-state index contributed by atoms with van der Waals surface area (Å²) in [6.07, 6.45) is 4.50. The maximum Gasteiger partial charge on any atom is 0.305 e. The molecular weight excluding hydrogens is 763 g/mol. The van der Waals surface area contributed by atoms with Crippen molar-refractivity contribution in [2.24, 2.45) is 0 Å². The van der Waals surface area contributed by atoms with Gasteiger partial charge in [0.05, 0.1) is 42.1 Å². The van der Waals surface area contributed by atoms with Gasteiger partial charge in [-0.05, 0) is 64.1 Å². The maximum atomic E-state index is 13.7. The van der Waals surface area contributed by atoms with Crippen molar-refractivity contribution in [3.8, 4) is 11.5 Å². The largest absolute Gasteiger partial charge is 0.491 e. The highest BCUT2D eigenvalue weighted by Gasteiger charge is 2.24. The fraction of sp³-hybridized carbons (Fsp3) is 0.325.